The van der Waals surface area contributed by atoms with E-state index in [1.165, 1.54) is 6.92 Å². The molecule has 94 valence electrons. The molecule has 0 aromatic rings. The number of rotatable bonds is 2. The fraction of sp³-hybridized carbons (Fsp3) is 0.778. The second kappa shape index (κ2) is 3.38. The highest BCUT2D eigenvalue weighted by atomic mass is 19.3. The number of alkyl halides is 6. The van der Waals surface area contributed by atoms with Crippen LogP contribution >= 0.6 is 0 Å². The Labute approximate surface area is 87.8 Å². The lowest BCUT2D eigenvalue weighted by atomic mass is 9.77. The van der Waals surface area contributed by atoms with Crippen molar-refractivity contribution in [2.45, 2.75) is 43.1 Å². The van der Waals surface area contributed by atoms with Crippen LogP contribution in [0.25, 0.3) is 0 Å². The summed E-state index contributed by atoms with van der Waals surface area (Å²) in [5, 5.41) is 9.23. The van der Waals surface area contributed by atoms with E-state index in [9.17, 15) is 31.4 Å². The predicted molar refractivity (Wildman–Crippen MR) is 43.8 cm³/mol. The minimum absolute atomic E-state index is 0.272. The van der Waals surface area contributed by atoms with Crippen molar-refractivity contribution in [1.29, 1.82) is 0 Å². The van der Waals surface area contributed by atoms with Gasteiger partial charge in [-0.2, -0.15) is 26.3 Å². The molecule has 1 atom stereocenters. The highest BCUT2D eigenvalue weighted by molar-refractivity contribution is 5.25. The molecular formula is C9H10F6O. The smallest absolute Gasteiger partial charge is 0.348 e. The number of aliphatic hydroxyl groups is 1. The number of hydrogen-bond acceptors (Lipinski definition) is 1. The lowest BCUT2D eigenvalue weighted by Gasteiger charge is -2.45. The summed E-state index contributed by atoms with van der Waals surface area (Å²) in [4.78, 5) is 0. The average molecular weight is 248 g/mol. The Balaban J connectivity index is 3.36. The van der Waals surface area contributed by atoms with Crippen molar-refractivity contribution < 1.29 is 31.4 Å². The maximum absolute atomic E-state index is 13.2. The van der Waals surface area contributed by atoms with E-state index in [2.05, 4.69) is 0 Å². The third-order valence-electron chi connectivity index (χ3n) is 2.60. The molecule has 0 saturated carbocycles. The molecule has 0 bridgehead atoms. The van der Waals surface area contributed by atoms with Crippen molar-refractivity contribution in [2.75, 3.05) is 0 Å². The summed E-state index contributed by atoms with van der Waals surface area (Å²) < 4.78 is 78.3. The molecule has 1 nitrogen and oxygen atoms in total. The summed E-state index contributed by atoms with van der Waals surface area (Å²) in [6.07, 6.45) is -2.31. The van der Waals surface area contributed by atoms with Gasteiger partial charge in [-0.3, -0.25) is 0 Å². The van der Waals surface area contributed by atoms with Crippen molar-refractivity contribution in [3.63, 3.8) is 0 Å². The van der Waals surface area contributed by atoms with Crippen LogP contribution in [0.2, 0.25) is 0 Å². The number of allylic oxidation sites excluding steroid dienone is 1. The van der Waals surface area contributed by atoms with E-state index >= 15 is 0 Å². The number of hydrogen-bond donors (Lipinski definition) is 1. The minimum atomic E-state index is -5.20. The summed E-state index contributed by atoms with van der Waals surface area (Å²) in [5.74, 6) is -14.4. The molecule has 1 aliphatic carbocycles. The van der Waals surface area contributed by atoms with E-state index in [0.717, 1.165) is 0 Å². The van der Waals surface area contributed by atoms with Gasteiger partial charge in [0.1, 0.15) is 0 Å². The summed E-state index contributed by atoms with van der Waals surface area (Å²) in [7, 11) is 0. The normalized spacial score (nSPS) is 35.0. The zero-order chi connectivity index (χ0) is 12.8. The molecule has 0 spiro atoms. The number of halogens is 6. The molecule has 0 heterocycles. The van der Waals surface area contributed by atoms with E-state index in [1.54, 1.807) is 0 Å². The van der Waals surface area contributed by atoms with Crippen LogP contribution in [0.3, 0.4) is 0 Å². The topological polar surface area (TPSA) is 20.2 Å². The van der Waals surface area contributed by atoms with Gasteiger partial charge in [0, 0.05) is 0 Å². The van der Waals surface area contributed by atoms with Crippen LogP contribution in [0.5, 0.6) is 0 Å². The molecule has 1 unspecified atom stereocenters. The van der Waals surface area contributed by atoms with Crippen LogP contribution in [0.15, 0.2) is 12.2 Å². The SMILES string of the molecule is CCCC1(O)C(F)(F)C=CC(F)(F)C1(F)F. The molecule has 1 rings (SSSR count). The molecule has 0 aliphatic heterocycles. The van der Waals surface area contributed by atoms with Gasteiger partial charge in [-0.15, -0.1) is 0 Å². The first-order valence-corrected chi connectivity index (χ1v) is 4.58. The summed E-state index contributed by atoms with van der Waals surface area (Å²) >= 11 is 0. The fourth-order valence-electron chi connectivity index (χ4n) is 1.62. The van der Waals surface area contributed by atoms with E-state index < -0.39 is 35.9 Å². The van der Waals surface area contributed by atoms with Crippen LogP contribution < -0.4 is 0 Å². The third-order valence-corrected chi connectivity index (χ3v) is 2.60. The molecule has 0 amide bonds. The average Bonchev–Trinajstić information content (AvgIpc) is 2.13. The Morgan fingerprint density at radius 1 is 0.938 bits per heavy atom. The Morgan fingerprint density at radius 3 is 1.81 bits per heavy atom. The molecule has 1 N–H and O–H groups in total. The molecule has 0 saturated heterocycles. The van der Waals surface area contributed by atoms with Crippen LogP contribution in [-0.4, -0.2) is 28.5 Å². The van der Waals surface area contributed by atoms with Gasteiger partial charge in [-0.1, -0.05) is 13.3 Å². The van der Waals surface area contributed by atoms with Crippen molar-refractivity contribution in [3.8, 4) is 0 Å². The van der Waals surface area contributed by atoms with Crippen molar-refractivity contribution in [2.24, 2.45) is 0 Å². The molecule has 1 aliphatic rings. The summed E-state index contributed by atoms with van der Waals surface area (Å²) in [6.45, 7) is 1.24. The molecule has 0 aromatic carbocycles. The zero-order valence-electron chi connectivity index (χ0n) is 8.28. The van der Waals surface area contributed by atoms with Crippen molar-refractivity contribution in [3.05, 3.63) is 12.2 Å². The predicted octanol–water partition coefficient (Wildman–Crippen LogP) is 2.99. The molecule has 7 heteroatoms. The van der Waals surface area contributed by atoms with Gasteiger partial charge >= 0.3 is 17.8 Å². The maximum Gasteiger partial charge on any atom is 0.348 e. The van der Waals surface area contributed by atoms with Crippen LogP contribution in [0.4, 0.5) is 26.3 Å². The van der Waals surface area contributed by atoms with Gasteiger partial charge in [-0.05, 0) is 18.6 Å². The van der Waals surface area contributed by atoms with Gasteiger partial charge < -0.3 is 5.11 Å². The van der Waals surface area contributed by atoms with Crippen molar-refractivity contribution >= 4 is 0 Å². The Bertz CT molecular complexity index is 311. The third kappa shape index (κ3) is 1.44. The Morgan fingerprint density at radius 2 is 1.38 bits per heavy atom. The Hall–Kier alpha value is -0.720. The first kappa shape index (κ1) is 13.3. The molecule has 16 heavy (non-hydrogen) atoms. The maximum atomic E-state index is 13.2. The van der Waals surface area contributed by atoms with Crippen LogP contribution in [0.1, 0.15) is 19.8 Å². The lowest BCUT2D eigenvalue weighted by molar-refractivity contribution is -0.334. The van der Waals surface area contributed by atoms with E-state index in [1.807, 2.05) is 0 Å². The van der Waals surface area contributed by atoms with Gasteiger partial charge in [0.2, 0.25) is 5.60 Å². The summed E-state index contributed by atoms with van der Waals surface area (Å²) in [5.41, 5.74) is -4.05. The first-order valence-electron chi connectivity index (χ1n) is 4.58. The molecule has 0 radical (unpaired) electrons. The molecular weight excluding hydrogens is 238 g/mol. The van der Waals surface area contributed by atoms with Crippen LogP contribution in [-0.2, 0) is 0 Å². The van der Waals surface area contributed by atoms with E-state index in [4.69, 9.17) is 0 Å². The monoisotopic (exact) mass is 248 g/mol. The molecule has 0 fully saturated rings. The van der Waals surface area contributed by atoms with E-state index in [0.29, 0.717) is 0 Å². The highest BCUT2D eigenvalue weighted by Crippen LogP contribution is 2.55. The summed E-state index contributed by atoms with van der Waals surface area (Å²) in [6, 6.07) is 0. The van der Waals surface area contributed by atoms with Gasteiger partial charge in [0.25, 0.3) is 0 Å². The molecule has 0 aromatic heterocycles. The zero-order valence-corrected chi connectivity index (χ0v) is 8.28. The first-order chi connectivity index (χ1) is 7.02. The standard InChI is InChI=1S/C9H10F6O/c1-2-3-6(16)7(10,11)4-5-8(12,13)9(6,14)15/h4-5,16H,2-3H2,1H3. The van der Waals surface area contributed by atoms with Gasteiger partial charge in [0.05, 0.1) is 0 Å². The van der Waals surface area contributed by atoms with E-state index in [-0.39, 0.29) is 12.5 Å². The Kier molecular flexibility index (Phi) is 2.82. The van der Waals surface area contributed by atoms with Gasteiger partial charge in [-0.25, -0.2) is 0 Å². The minimum Gasteiger partial charge on any atom is -0.378 e. The second-order valence-electron chi connectivity index (χ2n) is 3.76. The van der Waals surface area contributed by atoms with Gasteiger partial charge in [0.15, 0.2) is 0 Å². The largest absolute Gasteiger partial charge is 0.378 e. The lowest BCUT2D eigenvalue weighted by Crippen LogP contribution is -2.68. The second-order valence-corrected chi connectivity index (χ2v) is 3.76. The van der Waals surface area contributed by atoms with Crippen LogP contribution in [0, 0.1) is 0 Å². The van der Waals surface area contributed by atoms with Crippen molar-refractivity contribution in [1.82, 2.24) is 0 Å². The fourth-order valence-corrected chi connectivity index (χ4v) is 1.62. The quantitative estimate of drug-likeness (QED) is 0.588. The highest BCUT2D eigenvalue weighted by Gasteiger charge is 2.77.